The number of nitrogens with zero attached hydrogens (tertiary/aromatic N) is 1. The zero-order chi connectivity index (χ0) is 23.9. The van der Waals surface area contributed by atoms with Crippen molar-refractivity contribution in [1.29, 1.82) is 0 Å². The zero-order valence-electron chi connectivity index (χ0n) is 18.4. The molecule has 1 amide bonds. The third kappa shape index (κ3) is 4.39. The molecule has 0 aliphatic heterocycles. The van der Waals surface area contributed by atoms with E-state index >= 15 is 0 Å². The van der Waals surface area contributed by atoms with Crippen LogP contribution in [0.25, 0.3) is 33.3 Å². The summed E-state index contributed by atoms with van der Waals surface area (Å²) in [6.45, 7) is 3.42. The van der Waals surface area contributed by atoms with Gasteiger partial charge in [-0.1, -0.05) is 51.8 Å². The number of hydrogen-bond acceptors (Lipinski definition) is 4. The fourth-order valence-corrected chi connectivity index (χ4v) is 4.33. The van der Waals surface area contributed by atoms with Gasteiger partial charge < -0.3 is 14.5 Å². The van der Waals surface area contributed by atoms with Gasteiger partial charge in [0.2, 0.25) is 5.89 Å². The van der Waals surface area contributed by atoms with Crippen molar-refractivity contribution in [1.82, 2.24) is 4.98 Å². The second-order valence-electron chi connectivity index (χ2n) is 8.36. The van der Waals surface area contributed by atoms with Crippen LogP contribution in [0.2, 0.25) is 5.02 Å². The summed E-state index contributed by atoms with van der Waals surface area (Å²) in [5.41, 5.74) is 1.69. The molecule has 5 aromatic rings. The second-order valence-corrected chi connectivity index (χ2v) is 9.65. The van der Waals surface area contributed by atoms with Gasteiger partial charge in [-0.2, -0.15) is 0 Å². The predicted molar refractivity (Wildman–Crippen MR) is 139 cm³/mol. The Morgan fingerprint density at radius 2 is 1.74 bits per heavy atom. The van der Waals surface area contributed by atoms with E-state index in [1.807, 2.05) is 36.4 Å². The van der Waals surface area contributed by atoms with Crippen molar-refractivity contribution in [3.8, 4) is 17.2 Å². The van der Waals surface area contributed by atoms with E-state index in [-0.39, 0.29) is 5.91 Å². The summed E-state index contributed by atoms with van der Waals surface area (Å²) < 4.78 is 12.9. The summed E-state index contributed by atoms with van der Waals surface area (Å²) in [6.07, 6.45) is 0. The molecule has 0 aliphatic rings. The minimum Gasteiger partial charge on any atom is -0.478 e. The van der Waals surface area contributed by atoms with Crippen LogP contribution in [0.5, 0.6) is 5.75 Å². The topological polar surface area (TPSA) is 64.4 Å². The fraction of sp³-hybridized carbons (Fsp3) is 0.111. The van der Waals surface area contributed by atoms with Gasteiger partial charge in [0.15, 0.2) is 11.2 Å². The number of carbonyl (C=O) groups excluding carboxylic acids is 1. The first-order valence-corrected chi connectivity index (χ1v) is 11.8. The van der Waals surface area contributed by atoms with Crippen molar-refractivity contribution >= 4 is 61.0 Å². The molecule has 0 unspecified atom stereocenters. The van der Waals surface area contributed by atoms with Crippen molar-refractivity contribution in [2.45, 2.75) is 19.4 Å². The second kappa shape index (κ2) is 8.78. The number of rotatable bonds is 5. The monoisotopic (exact) mass is 534 g/mol. The number of benzene rings is 4. The number of amides is 1. The van der Waals surface area contributed by atoms with Crippen molar-refractivity contribution < 1.29 is 13.9 Å². The molecule has 0 saturated carbocycles. The molecule has 5 rings (SSSR count). The average Bonchev–Trinajstić information content (AvgIpc) is 3.23. The lowest BCUT2D eigenvalue weighted by atomic mass is 10.0. The normalized spacial score (nSPS) is 11.6. The highest BCUT2D eigenvalue weighted by Crippen LogP contribution is 2.34. The number of halogens is 2. The maximum Gasteiger partial charge on any atom is 0.267 e. The minimum atomic E-state index is -1.10. The number of anilines is 1. The van der Waals surface area contributed by atoms with Gasteiger partial charge in [0, 0.05) is 20.7 Å². The molecule has 0 radical (unpaired) electrons. The van der Waals surface area contributed by atoms with Gasteiger partial charge in [-0.15, -0.1) is 0 Å². The fourth-order valence-electron chi connectivity index (χ4n) is 3.70. The maximum atomic E-state index is 12.9. The molecule has 0 bridgehead atoms. The molecule has 1 N–H and O–H groups in total. The number of nitrogens with one attached hydrogen (secondary N) is 1. The summed E-state index contributed by atoms with van der Waals surface area (Å²) in [5, 5.41) is 5.64. The van der Waals surface area contributed by atoms with Gasteiger partial charge in [0.1, 0.15) is 11.3 Å². The highest BCUT2D eigenvalue weighted by Gasteiger charge is 2.30. The molecule has 0 aliphatic carbocycles. The quantitative estimate of drug-likeness (QED) is 0.249. The summed E-state index contributed by atoms with van der Waals surface area (Å²) >= 11 is 9.53. The molecule has 7 heteroatoms. The van der Waals surface area contributed by atoms with Gasteiger partial charge in [-0.25, -0.2) is 4.98 Å². The largest absolute Gasteiger partial charge is 0.478 e. The van der Waals surface area contributed by atoms with Crippen LogP contribution >= 0.6 is 27.5 Å². The highest BCUT2D eigenvalue weighted by molar-refractivity contribution is 9.10. The predicted octanol–water partition coefficient (Wildman–Crippen LogP) is 7.86. The lowest BCUT2D eigenvalue weighted by molar-refractivity contribution is -0.128. The van der Waals surface area contributed by atoms with Crippen LogP contribution in [0.3, 0.4) is 0 Å². The molecular weight excluding hydrogens is 516 g/mol. The first kappa shape index (κ1) is 22.4. The SMILES string of the molecule is CC(C)(Oc1ccc(Cl)cc1)C(=O)Nc1ccc2oc(-c3cccc4c(Br)cccc34)nc2c1. The van der Waals surface area contributed by atoms with E-state index in [4.69, 9.17) is 25.7 Å². The van der Waals surface area contributed by atoms with Crippen molar-refractivity contribution in [2.24, 2.45) is 0 Å². The Bertz CT molecular complexity index is 1530. The summed E-state index contributed by atoms with van der Waals surface area (Å²) in [6, 6.07) is 24.3. The Morgan fingerprint density at radius 3 is 2.53 bits per heavy atom. The van der Waals surface area contributed by atoms with Gasteiger partial charge in [-0.05, 0) is 79.2 Å². The Labute approximate surface area is 209 Å². The number of aromatic nitrogens is 1. The maximum absolute atomic E-state index is 12.9. The van der Waals surface area contributed by atoms with Gasteiger partial charge in [0.05, 0.1) is 0 Å². The van der Waals surface area contributed by atoms with E-state index < -0.39 is 5.60 Å². The first-order valence-electron chi connectivity index (χ1n) is 10.6. The van der Waals surface area contributed by atoms with E-state index in [1.165, 1.54) is 0 Å². The lowest BCUT2D eigenvalue weighted by Crippen LogP contribution is -2.42. The van der Waals surface area contributed by atoms with E-state index in [2.05, 4.69) is 21.2 Å². The standard InChI is InChI=1S/C27H20BrClN2O3/c1-27(2,34-18-12-9-16(29)10-13-18)26(32)30-17-11-14-24-23(15-17)31-25(33-24)21-7-3-6-20-19(21)5-4-8-22(20)28/h3-15H,1-2H3,(H,30,32). The van der Waals surface area contributed by atoms with Crippen molar-refractivity contribution in [2.75, 3.05) is 5.32 Å². The highest BCUT2D eigenvalue weighted by atomic mass is 79.9. The van der Waals surface area contributed by atoms with Crippen LogP contribution < -0.4 is 10.1 Å². The Morgan fingerprint density at radius 1 is 1.00 bits per heavy atom. The Hall–Kier alpha value is -3.35. The van der Waals surface area contributed by atoms with Gasteiger partial charge in [-0.3, -0.25) is 4.79 Å². The molecular formula is C27H20BrClN2O3. The molecule has 34 heavy (non-hydrogen) atoms. The smallest absolute Gasteiger partial charge is 0.267 e. The third-order valence-electron chi connectivity index (χ3n) is 5.48. The lowest BCUT2D eigenvalue weighted by Gasteiger charge is -2.25. The third-order valence-corrected chi connectivity index (χ3v) is 6.42. The van der Waals surface area contributed by atoms with E-state index in [0.717, 1.165) is 20.8 Å². The molecule has 0 fully saturated rings. The van der Waals surface area contributed by atoms with Crippen LogP contribution in [-0.4, -0.2) is 16.5 Å². The average molecular weight is 536 g/mol. The molecule has 4 aromatic carbocycles. The van der Waals surface area contributed by atoms with E-state index in [9.17, 15) is 4.79 Å². The molecule has 0 atom stereocenters. The van der Waals surface area contributed by atoms with Crippen LogP contribution in [0, 0.1) is 0 Å². The molecule has 1 heterocycles. The summed E-state index contributed by atoms with van der Waals surface area (Å²) in [4.78, 5) is 17.6. The van der Waals surface area contributed by atoms with Crippen LogP contribution in [0.1, 0.15) is 13.8 Å². The van der Waals surface area contributed by atoms with Gasteiger partial charge in [0.25, 0.3) is 5.91 Å². The van der Waals surface area contributed by atoms with Crippen LogP contribution in [-0.2, 0) is 4.79 Å². The number of fused-ring (bicyclic) bond motifs is 2. The molecule has 0 saturated heterocycles. The van der Waals surface area contributed by atoms with E-state index in [0.29, 0.717) is 33.4 Å². The number of oxazole rings is 1. The van der Waals surface area contributed by atoms with E-state index in [1.54, 1.807) is 56.3 Å². The molecule has 170 valence electrons. The molecule has 5 nitrogen and oxygen atoms in total. The Kier molecular flexibility index (Phi) is 5.80. The first-order chi connectivity index (χ1) is 16.3. The summed E-state index contributed by atoms with van der Waals surface area (Å²) in [5.74, 6) is 0.792. The summed E-state index contributed by atoms with van der Waals surface area (Å²) in [7, 11) is 0. The van der Waals surface area contributed by atoms with Gasteiger partial charge >= 0.3 is 0 Å². The Balaban J connectivity index is 1.41. The van der Waals surface area contributed by atoms with Crippen LogP contribution in [0.15, 0.2) is 87.8 Å². The van der Waals surface area contributed by atoms with Crippen molar-refractivity contribution in [3.63, 3.8) is 0 Å². The number of carbonyl (C=O) groups is 1. The minimum absolute atomic E-state index is 0.288. The zero-order valence-corrected chi connectivity index (χ0v) is 20.8. The number of hydrogen-bond donors (Lipinski definition) is 1. The molecule has 1 aromatic heterocycles. The van der Waals surface area contributed by atoms with Crippen molar-refractivity contribution in [3.05, 3.63) is 88.4 Å². The number of ether oxygens (including phenoxy) is 1. The van der Waals surface area contributed by atoms with Crippen LogP contribution in [0.4, 0.5) is 5.69 Å². The molecule has 0 spiro atoms.